The van der Waals surface area contributed by atoms with E-state index >= 15 is 0 Å². The molecule has 150 valence electrons. The molecule has 27 heavy (non-hydrogen) atoms. The normalized spacial score (nSPS) is 47.0. The lowest BCUT2D eigenvalue weighted by Crippen LogP contribution is -2.52. The Labute approximate surface area is 164 Å². The number of rotatable bonds is 3. The summed E-state index contributed by atoms with van der Waals surface area (Å²) in [6.07, 6.45) is 12.6. The van der Waals surface area contributed by atoms with Gasteiger partial charge in [-0.05, 0) is 90.9 Å². The van der Waals surface area contributed by atoms with Crippen LogP contribution in [-0.2, 0) is 14.3 Å². The second-order valence-corrected chi connectivity index (χ2v) is 10.5. The van der Waals surface area contributed by atoms with Gasteiger partial charge in [0.15, 0.2) is 5.78 Å². The van der Waals surface area contributed by atoms with Crippen LogP contribution in [0.1, 0.15) is 72.6 Å². The molecule has 0 bridgehead atoms. The molecule has 0 radical (unpaired) electrons. The fourth-order valence-electron chi connectivity index (χ4n) is 7.97. The number of esters is 1. The smallest absolute Gasteiger partial charge is 0.302 e. The van der Waals surface area contributed by atoms with E-state index in [0.717, 1.165) is 24.2 Å². The van der Waals surface area contributed by atoms with Gasteiger partial charge in [0.2, 0.25) is 0 Å². The molecule has 0 aliphatic heterocycles. The average molecular weight is 373 g/mol. The monoisotopic (exact) mass is 372 g/mol. The Bertz CT molecular complexity index is 652. The maximum Gasteiger partial charge on any atom is 0.302 e. The van der Waals surface area contributed by atoms with Gasteiger partial charge in [-0.25, -0.2) is 0 Å². The van der Waals surface area contributed by atoms with Gasteiger partial charge in [-0.2, -0.15) is 0 Å². The van der Waals surface area contributed by atoms with Crippen molar-refractivity contribution in [1.29, 1.82) is 0 Å². The lowest BCUT2D eigenvalue weighted by atomic mass is 9.45. The van der Waals surface area contributed by atoms with Gasteiger partial charge < -0.3 is 4.74 Å². The van der Waals surface area contributed by atoms with E-state index in [-0.39, 0.29) is 11.4 Å². The molecular weight excluding hydrogens is 336 g/mol. The van der Waals surface area contributed by atoms with Crippen LogP contribution in [0.15, 0.2) is 12.2 Å². The first-order valence-corrected chi connectivity index (χ1v) is 11.1. The van der Waals surface area contributed by atoms with Gasteiger partial charge >= 0.3 is 5.97 Å². The second kappa shape index (κ2) is 6.74. The molecule has 3 nitrogen and oxygen atoms in total. The zero-order valence-corrected chi connectivity index (χ0v) is 17.5. The number of carbonyl (C=O) groups excluding carboxylic acids is 2. The molecule has 0 unspecified atom stereocenters. The first-order valence-electron chi connectivity index (χ1n) is 11.1. The largest absolute Gasteiger partial charge is 0.466 e. The second-order valence-electron chi connectivity index (χ2n) is 10.5. The van der Waals surface area contributed by atoms with Crippen molar-refractivity contribution in [2.45, 2.75) is 72.6 Å². The highest BCUT2D eigenvalue weighted by molar-refractivity contribution is 5.91. The molecule has 4 aliphatic carbocycles. The van der Waals surface area contributed by atoms with E-state index in [1.165, 1.54) is 45.4 Å². The molecule has 3 fully saturated rings. The van der Waals surface area contributed by atoms with Crippen LogP contribution in [0.4, 0.5) is 0 Å². The fourth-order valence-corrected chi connectivity index (χ4v) is 7.97. The van der Waals surface area contributed by atoms with Crippen molar-refractivity contribution < 1.29 is 14.3 Å². The molecule has 3 saturated carbocycles. The van der Waals surface area contributed by atoms with E-state index in [2.05, 4.69) is 26.8 Å². The fraction of sp³-hybridized carbons (Fsp3) is 0.833. The quantitative estimate of drug-likeness (QED) is 0.640. The summed E-state index contributed by atoms with van der Waals surface area (Å²) in [4.78, 5) is 23.2. The van der Waals surface area contributed by atoms with Crippen molar-refractivity contribution in [1.82, 2.24) is 0 Å². The van der Waals surface area contributed by atoms with Crippen molar-refractivity contribution in [3.05, 3.63) is 12.2 Å². The van der Waals surface area contributed by atoms with Crippen molar-refractivity contribution in [3.8, 4) is 0 Å². The molecule has 3 heteroatoms. The summed E-state index contributed by atoms with van der Waals surface area (Å²) in [6, 6.07) is 0. The molecule has 0 aromatic carbocycles. The molecule has 4 rings (SSSR count). The Morgan fingerprint density at radius 3 is 2.70 bits per heavy atom. The Morgan fingerprint density at radius 2 is 1.96 bits per heavy atom. The maximum atomic E-state index is 12.0. The average Bonchev–Trinajstić information content (AvgIpc) is 2.97. The summed E-state index contributed by atoms with van der Waals surface area (Å²) >= 11 is 0. The Balaban J connectivity index is 1.54. The first-order chi connectivity index (χ1) is 12.8. The zero-order valence-electron chi connectivity index (χ0n) is 17.5. The Kier molecular flexibility index (Phi) is 4.79. The lowest BCUT2D eigenvalue weighted by molar-refractivity contribution is -0.144. The van der Waals surface area contributed by atoms with E-state index in [4.69, 9.17) is 4.74 Å². The lowest BCUT2D eigenvalue weighted by Gasteiger charge is -2.59. The molecule has 0 heterocycles. The zero-order chi connectivity index (χ0) is 19.4. The van der Waals surface area contributed by atoms with Gasteiger partial charge in [0.1, 0.15) is 0 Å². The number of ether oxygens (including phenoxy) is 1. The van der Waals surface area contributed by atoms with E-state index < -0.39 is 0 Å². The van der Waals surface area contributed by atoms with E-state index in [0.29, 0.717) is 35.6 Å². The summed E-state index contributed by atoms with van der Waals surface area (Å²) in [5.74, 6) is 4.17. The van der Waals surface area contributed by atoms with Crippen molar-refractivity contribution in [2.24, 2.45) is 46.3 Å². The number of hydrogen-bond acceptors (Lipinski definition) is 3. The SMILES string of the molecule is CC(=O)OC[C@@H](C)[C@H]1CC[C@H]2[C@@H]3CC[C@H]4CC(=O)C=C[C@]4(C)[C@H]3CC[C@]12C. The predicted octanol–water partition coefficient (Wildman–Crippen LogP) is 5.19. The van der Waals surface area contributed by atoms with E-state index in [9.17, 15) is 9.59 Å². The maximum absolute atomic E-state index is 12.0. The third-order valence-electron chi connectivity index (χ3n) is 9.35. The van der Waals surface area contributed by atoms with E-state index in [1.54, 1.807) is 0 Å². The third kappa shape index (κ3) is 3.00. The molecule has 0 aromatic rings. The summed E-state index contributed by atoms with van der Waals surface area (Å²) in [5, 5.41) is 0. The Morgan fingerprint density at radius 1 is 1.19 bits per heavy atom. The number of allylic oxidation sites excluding steroid dienone is 2. The van der Waals surface area contributed by atoms with Crippen molar-refractivity contribution >= 4 is 11.8 Å². The summed E-state index contributed by atoms with van der Waals surface area (Å²) < 4.78 is 5.36. The third-order valence-corrected chi connectivity index (χ3v) is 9.35. The summed E-state index contributed by atoms with van der Waals surface area (Å²) in [6.45, 7) is 9.33. The number of hydrogen-bond donors (Lipinski definition) is 0. The highest BCUT2D eigenvalue weighted by atomic mass is 16.5. The minimum atomic E-state index is -0.157. The van der Waals surface area contributed by atoms with Crippen LogP contribution in [-0.4, -0.2) is 18.4 Å². The molecule has 0 aromatic heterocycles. The van der Waals surface area contributed by atoms with E-state index in [1.807, 2.05) is 6.08 Å². The van der Waals surface area contributed by atoms with Gasteiger partial charge in [-0.15, -0.1) is 0 Å². The molecule has 0 saturated heterocycles. The van der Waals surface area contributed by atoms with Crippen LogP contribution >= 0.6 is 0 Å². The number of fused-ring (bicyclic) bond motifs is 5. The molecular formula is C24H36O3. The van der Waals surface area contributed by atoms with Crippen LogP contribution in [0, 0.1) is 46.3 Å². The van der Waals surface area contributed by atoms with Crippen LogP contribution in [0.3, 0.4) is 0 Å². The molecule has 0 amide bonds. The number of ketones is 1. The minimum absolute atomic E-state index is 0.157. The highest BCUT2D eigenvalue weighted by Crippen LogP contribution is 2.67. The van der Waals surface area contributed by atoms with Crippen LogP contribution in [0.2, 0.25) is 0 Å². The molecule has 8 atom stereocenters. The van der Waals surface area contributed by atoms with Crippen LogP contribution in [0.5, 0.6) is 0 Å². The summed E-state index contributed by atoms with van der Waals surface area (Å²) in [5.41, 5.74) is 0.609. The number of carbonyl (C=O) groups is 2. The highest BCUT2D eigenvalue weighted by Gasteiger charge is 2.60. The predicted molar refractivity (Wildman–Crippen MR) is 106 cm³/mol. The van der Waals surface area contributed by atoms with Crippen molar-refractivity contribution in [2.75, 3.05) is 6.61 Å². The topological polar surface area (TPSA) is 43.4 Å². The van der Waals surface area contributed by atoms with Crippen LogP contribution < -0.4 is 0 Å². The minimum Gasteiger partial charge on any atom is -0.466 e. The van der Waals surface area contributed by atoms with Gasteiger partial charge in [0.25, 0.3) is 0 Å². The Hall–Kier alpha value is -1.12. The summed E-state index contributed by atoms with van der Waals surface area (Å²) in [7, 11) is 0. The van der Waals surface area contributed by atoms with Gasteiger partial charge in [-0.1, -0.05) is 26.8 Å². The van der Waals surface area contributed by atoms with Gasteiger partial charge in [-0.3, -0.25) is 9.59 Å². The standard InChI is InChI=1S/C24H36O3/c1-15(14-27-16(2)25)20-7-8-21-19-6-5-17-13-18(26)9-11-23(17,3)22(19)10-12-24(20,21)4/h9,11,15,17,19-22H,5-8,10,12-14H2,1-4H3/t15-,17+,19+,20-,21+,22+,23+,24-/m1/s1. The molecule has 4 aliphatic rings. The van der Waals surface area contributed by atoms with Gasteiger partial charge in [0.05, 0.1) is 6.61 Å². The van der Waals surface area contributed by atoms with Gasteiger partial charge in [0, 0.05) is 13.3 Å². The first kappa shape index (κ1) is 19.2. The van der Waals surface area contributed by atoms with Crippen LogP contribution in [0.25, 0.3) is 0 Å². The molecule has 0 N–H and O–H groups in total. The van der Waals surface area contributed by atoms with Crippen molar-refractivity contribution in [3.63, 3.8) is 0 Å². The molecule has 0 spiro atoms.